The number of benzene rings is 7. The molecule has 7 aromatic carbocycles. The summed E-state index contributed by atoms with van der Waals surface area (Å²) in [6.45, 7) is 4.73. The van der Waals surface area contributed by atoms with Gasteiger partial charge in [0.15, 0.2) is 11.6 Å². The second kappa shape index (κ2) is 11.6. The SMILES string of the molecule is CC1(C)c2ccccc2-c2c1c1c3ccccc3n(-c3nc(-c4ccccc4)nc(-c4ccc(C#N)cc4)n3)c1c1c2c2ccccc2n1-c1ccccc1. The van der Waals surface area contributed by atoms with E-state index in [9.17, 15) is 5.26 Å². The van der Waals surface area contributed by atoms with Gasteiger partial charge in [0.1, 0.15) is 0 Å². The Morgan fingerprint density at radius 1 is 0.527 bits per heavy atom. The predicted molar refractivity (Wildman–Crippen MR) is 222 cm³/mol. The number of nitrogens with zero attached hydrogens (tertiary/aromatic N) is 6. The van der Waals surface area contributed by atoms with Crippen LogP contribution in [-0.4, -0.2) is 24.1 Å². The van der Waals surface area contributed by atoms with Crippen LogP contribution >= 0.6 is 0 Å². The van der Waals surface area contributed by atoms with Crippen molar-refractivity contribution < 1.29 is 0 Å². The summed E-state index contributed by atoms with van der Waals surface area (Å²) in [6, 6.07) is 56.8. The van der Waals surface area contributed by atoms with Crippen LogP contribution in [0.5, 0.6) is 0 Å². The Bertz CT molecular complexity index is 3220. The minimum atomic E-state index is -0.300. The number of para-hydroxylation sites is 3. The molecule has 258 valence electrons. The van der Waals surface area contributed by atoms with Crippen molar-refractivity contribution >= 4 is 43.6 Å². The zero-order valence-electron chi connectivity index (χ0n) is 30.2. The number of aromatic nitrogens is 5. The number of hydrogen-bond acceptors (Lipinski definition) is 4. The molecule has 3 heterocycles. The molecule has 0 atom stereocenters. The van der Waals surface area contributed by atoms with Gasteiger partial charge in [-0.05, 0) is 70.8 Å². The third-order valence-electron chi connectivity index (χ3n) is 11.4. The lowest BCUT2D eigenvalue weighted by Gasteiger charge is -2.23. The maximum Gasteiger partial charge on any atom is 0.238 e. The van der Waals surface area contributed by atoms with E-state index in [1.165, 1.54) is 38.4 Å². The molecular formula is C49H32N6. The van der Waals surface area contributed by atoms with Crippen molar-refractivity contribution in [2.75, 3.05) is 0 Å². The maximum atomic E-state index is 9.57. The summed E-state index contributed by atoms with van der Waals surface area (Å²) in [4.78, 5) is 15.7. The summed E-state index contributed by atoms with van der Waals surface area (Å²) in [5.74, 6) is 1.64. The standard InChI is InChI=1S/C49H32N6/c1-49(2)37-22-12-9-19-34(37)40-41-35-20-10-13-23-38(35)54(33-17-7-4-8-18-33)44(41)45-42(43(40)49)36-21-11-14-24-39(36)55(45)48-52-46(31-15-5-3-6-16-31)51-47(53-48)32-27-25-30(29-50)26-28-32/h3-28H,1-2H3. The Balaban J connectivity index is 1.39. The van der Waals surface area contributed by atoms with E-state index in [0.717, 1.165) is 44.3 Å². The molecule has 6 nitrogen and oxygen atoms in total. The van der Waals surface area contributed by atoms with Crippen LogP contribution in [0.25, 0.3) is 89.2 Å². The van der Waals surface area contributed by atoms with Crippen LogP contribution in [0.1, 0.15) is 30.5 Å². The van der Waals surface area contributed by atoms with E-state index in [0.29, 0.717) is 23.2 Å². The zero-order valence-corrected chi connectivity index (χ0v) is 30.2. The largest absolute Gasteiger partial charge is 0.307 e. The summed E-state index contributed by atoms with van der Waals surface area (Å²) >= 11 is 0. The Hall–Kier alpha value is -7.36. The van der Waals surface area contributed by atoms with Crippen LogP contribution in [0.15, 0.2) is 158 Å². The van der Waals surface area contributed by atoms with Crippen molar-refractivity contribution in [2.24, 2.45) is 0 Å². The van der Waals surface area contributed by atoms with Crippen molar-refractivity contribution in [1.82, 2.24) is 24.1 Å². The maximum absolute atomic E-state index is 9.57. The van der Waals surface area contributed by atoms with Crippen molar-refractivity contribution in [3.63, 3.8) is 0 Å². The molecule has 0 spiro atoms. The highest BCUT2D eigenvalue weighted by Crippen LogP contribution is 2.58. The summed E-state index contributed by atoms with van der Waals surface area (Å²) in [5.41, 5.74) is 12.6. The van der Waals surface area contributed by atoms with E-state index in [-0.39, 0.29) is 5.41 Å². The molecular weight excluding hydrogens is 673 g/mol. The lowest BCUT2D eigenvalue weighted by atomic mass is 9.80. The molecule has 55 heavy (non-hydrogen) atoms. The minimum Gasteiger partial charge on any atom is -0.307 e. The van der Waals surface area contributed by atoms with E-state index < -0.39 is 0 Å². The molecule has 1 aliphatic carbocycles. The fourth-order valence-corrected chi connectivity index (χ4v) is 9.02. The predicted octanol–water partition coefficient (Wildman–Crippen LogP) is 11.6. The Kier molecular flexibility index (Phi) is 6.56. The lowest BCUT2D eigenvalue weighted by molar-refractivity contribution is 0.667. The van der Waals surface area contributed by atoms with Gasteiger partial charge in [0.05, 0.1) is 33.7 Å². The number of fused-ring (bicyclic) bond motifs is 12. The summed E-state index contributed by atoms with van der Waals surface area (Å²) in [6.07, 6.45) is 0. The van der Waals surface area contributed by atoms with Gasteiger partial charge in [0, 0.05) is 43.8 Å². The minimum absolute atomic E-state index is 0.300. The second-order valence-corrected chi connectivity index (χ2v) is 14.7. The molecule has 0 bridgehead atoms. The highest BCUT2D eigenvalue weighted by molar-refractivity contribution is 6.30. The highest BCUT2D eigenvalue weighted by atomic mass is 15.2. The first-order valence-electron chi connectivity index (χ1n) is 18.5. The van der Waals surface area contributed by atoms with Gasteiger partial charge in [-0.3, -0.25) is 4.57 Å². The van der Waals surface area contributed by atoms with Gasteiger partial charge in [-0.25, -0.2) is 4.98 Å². The van der Waals surface area contributed by atoms with Crippen LogP contribution in [0.4, 0.5) is 0 Å². The Morgan fingerprint density at radius 2 is 1.07 bits per heavy atom. The first kappa shape index (κ1) is 31.2. The fraction of sp³-hybridized carbons (Fsp3) is 0.0612. The second-order valence-electron chi connectivity index (χ2n) is 14.7. The van der Waals surface area contributed by atoms with E-state index >= 15 is 0 Å². The quantitative estimate of drug-likeness (QED) is 0.183. The molecule has 0 amide bonds. The molecule has 6 heteroatoms. The van der Waals surface area contributed by atoms with Gasteiger partial charge < -0.3 is 4.57 Å². The van der Waals surface area contributed by atoms with Crippen LogP contribution < -0.4 is 0 Å². The van der Waals surface area contributed by atoms with Crippen molar-refractivity contribution in [3.8, 4) is 51.6 Å². The normalized spacial score (nSPS) is 13.0. The molecule has 10 aromatic rings. The average Bonchev–Trinajstić information content (AvgIpc) is 3.85. The molecule has 1 aliphatic rings. The first-order valence-corrected chi connectivity index (χ1v) is 18.5. The monoisotopic (exact) mass is 704 g/mol. The lowest BCUT2D eigenvalue weighted by Crippen LogP contribution is -2.15. The molecule has 0 saturated heterocycles. The third-order valence-corrected chi connectivity index (χ3v) is 11.4. The summed E-state index contributed by atoms with van der Waals surface area (Å²) in [7, 11) is 0. The Labute approximate surface area is 317 Å². The van der Waals surface area contributed by atoms with Crippen LogP contribution in [0.3, 0.4) is 0 Å². The molecule has 0 aliphatic heterocycles. The van der Waals surface area contributed by atoms with Crippen LogP contribution in [-0.2, 0) is 5.41 Å². The molecule has 0 N–H and O–H groups in total. The smallest absolute Gasteiger partial charge is 0.238 e. The molecule has 0 fully saturated rings. The molecule has 3 aromatic heterocycles. The fourth-order valence-electron chi connectivity index (χ4n) is 9.02. The summed E-state index contributed by atoms with van der Waals surface area (Å²) < 4.78 is 4.70. The molecule has 11 rings (SSSR count). The van der Waals surface area contributed by atoms with Gasteiger partial charge in [-0.1, -0.05) is 123 Å². The van der Waals surface area contributed by atoms with Gasteiger partial charge in [-0.15, -0.1) is 0 Å². The summed E-state index contributed by atoms with van der Waals surface area (Å²) in [5, 5.41) is 14.3. The molecule has 0 unspecified atom stereocenters. The van der Waals surface area contributed by atoms with E-state index in [1.807, 2.05) is 54.6 Å². The molecule has 0 saturated carbocycles. The third kappa shape index (κ3) is 4.38. The topological polar surface area (TPSA) is 72.3 Å². The van der Waals surface area contributed by atoms with E-state index in [4.69, 9.17) is 15.0 Å². The number of hydrogen-bond donors (Lipinski definition) is 0. The highest BCUT2D eigenvalue weighted by Gasteiger charge is 2.41. The zero-order chi connectivity index (χ0) is 36.8. The van der Waals surface area contributed by atoms with E-state index in [1.54, 1.807) is 0 Å². The van der Waals surface area contributed by atoms with Crippen molar-refractivity contribution in [1.29, 1.82) is 5.26 Å². The number of nitriles is 1. The van der Waals surface area contributed by atoms with Crippen molar-refractivity contribution in [2.45, 2.75) is 19.3 Å². The van der Waals surface area contributed by atoms with Crippen LogP contribution in [0, 0.1) is 11.3 Å². The van der Waals surface area contributed by atoms with E-state index in [2.05, 4.69) is 132 Å². The molecule has 0 radical (unpaired) electrons. The van der Waals surface area contributed by atoms with Gasteiger partial charge in [0.25, 0.3) is 0 Å². The average molecular weight is 705 g/mol. The Morgan fingerprint density at radius 3 is 1.76 bits per heavy atom. The van der Waals surface area contributed by atoms with Crippen LogP contribution in [0.2, 0.25) is 0 Å². The van der Waals surface area contributed by atoms with Crippen molar-refractivity contribution in [3.05, 3.63) is 174 Å². The van der Waals surface area contributed by atoms with Gasteiger partial charge in [-0.2, -0.15) is 15.2 Å². The van der Waals surface area contributed by atoms with Gasteiger partial charge >= 0.3 is 0 Å². The number of rotatable bonds is 4. The van der Waals surface area contributed by atoms with Gasteiger partial charge in [0.2, 0.25) is 5.95 Å². The first-order chi connectivity index (χ1) is 27.0.